The average Bonchev–Trinajstić information content (AvgIpc) is 3.05. The summed E-state index contributed by atoms with van der Waals surface area (Å²) in [6, 6.07) is 6.82. The third kappa shape index (κ3) is 5.71. The van der Waals surface area contributed by atoms with Gasteiger partial charge in [0, 0.05) is 45.7 Å². The predicted octanol–water partition coefficient (Wildman–Crippen LogP) is 3.01. The Morgan fingerprint density at radius 2 is 2.08 bits per heavy atom. The number of rotatable bonds is 8. The number of hydrogen-bond donors (Lipinski definition) is 1. The molecule has 0 spiro atoms. The molecule has 1 aromatic rings. The Kier molecular flexibility index (Phi) is 7.88. The second-order valence-electron chi connectivity index (χ2n) is 6.76. The van der Waals surface area contributed by atoms with Gasteiger partial charge in [0.05, 0.1) is 0 Å². The summed E-state index contributed by atoms with van der Waals surface area (Å²) in [6.07, 6.45) is 3.50. The SMILES string of the molecule is CCNC(=NCCC(CC)N1CCCC1=O)N(C)Cc1ccc(F)cc1. The molecule has 2 rings (SSSR count). The molecule has 0 aromatic heterocycles. The summed E-state index contributed by atoms with van der Waals surface area (Å²) in [5.74, 6) is 0.889. The van der Waals surface area contributed by atoms with Crippen LogP contribution in [0.3, 0.4) is 0 Å². The molecule has 1 fully saturated rings. The second-order valence-corrected chi connectivity index (χ2v) is 6.76. The summed E-state index contributed by atoms with van der Waals surface area (Å²) in [5, 5.41) is 3.31. The molecule has 0 saturated carbocycles. The van der Waals surface area contributed by atoms with E-state index in [4.69, 9.17) is 4.99 Å². The first-order valence-electron chi connectivity index (χ1n) is 9.58. The molecule has 1 saturated heterocycles. The molecule has 0 aliphatic carbocycles. The van der Waals surface area contributed by atoms with E-state index in [0.29, 0.717) is 19.5 Å². The summed E-state index contributed by atoms with van der Waals surface area (Å²) < 4.78 is 13.1. The van der Waals surface area contributed by atoms with Crippen molar-refractivity contribution in [2.45, 2.75) is 52.1 Å². The van der Waals surface area contributed by atoms with Crippen LogP contribution in [0, 0.1) is 5.82 Å². The van der Waals surface area contributed by atoms with Crippen molar-refractivity contribution in [1.82, 2.24) is 15.1 Å². The lowest BCUT2D eigenvalue weighted by Gasteiger charge is -2.27. The van der Waals surface area contributed by atoms with Gasteiger partial charge < -0.3 is 15.1 Å². The molecule has 1 amide bonds. The van der Waals surface area contributed by atoms with Crippen LogP contribution >= 0.6 is 0 Å². The highest BCUT2D eigenvalue weighted by atomic mass is 19.1. The van der Waals surface area contributed by atoms with Crippen LogP contribution in [0.1, 0.15) is 45.1 Å². The van der Waals surface area contributed by atoms with Crippen molar-refractivity contribution in [3.8, 4) is 0 Å². The molecule has 0 bridgehead atoms. The minimum atomic E-state index is -0.223. The zero-order valence-corrected chi connectivity index (χ0v) is 16.2. The lowest BCUT2D eigenvalue weighted by molar-refractivity contribution is -0.129. The molecule has 1 aliphatic heterocycles. The highest BCUT2D eigenvalue weighted by Gasteiger charge is 2.26. The fraction of sp³-hybridized carbons (Fsp3) is 0.600. The third-order valence-corrected chi connectivity index (χ3v) is 4.78. The van der Waals surface area contributed by atoms with Gasteiger partial charge in [-0.2, -0.15) is 0 Å². The number of guanidine groups is 1. The molecule has 1 heterocycles. The third-order valence-electron chi connectivity index (χ3n) is 4.78. The smallest absolute Gasteiger partial charge is 0.222 e. The Hall–Kier alpha value is -2.11. The zero-order chi connectivity index (χ0) is 18.9. The van der Waals surface area contributed by atoms with E-state index in [1.807, 2.05) is 23.8 Å². The summed E-state index contributed by atoms with van der Waals surface area (Å²) in [7, 11) is 1.98. The molecule has 1 aliphatic rings. The van der Waals surface area contributed by atoms with Crippen molar-refractivity contribution in [3.05, 3.63) is 35.6 Å². The number of nitrogens with one attached hydrogen (secondary N) is 1. The van der Waals surface area contributed by atoms with E-state index in [2.05, 4.69) is 12.2 Å². The minimum absolute atomic E-state index is 0.223. The second kappa shape index (κ2) is 10.1. The first-order chi connectivity index (χ1) is 12.5. The van der Waals surface area contributed by atoms with Crippen LogP contribution in [-0.4, -0.2) is 54.4 Å². The van der Waals surface area contributed by atoms with Crippen LogP contribution in [0.15, 0.2) is 29.3 Å². The summed E-state index contributed by atoms with van der Waals surface area (Å²) >= 11 is 0. The van der Waals surface area contributed by atoms with E-state index >= 15 is 0 Å². The molecule has 144 valence electrons. The maximum absolute atomic E-state index is 13.1. The van der Waals surface area contributed by atoms with Crippen LogP contribution in [0.4, 0.5) is 4.39 Å². The van der Waals surface area contributed by atoms with Crippen molar-refractivity contribution in [2.75, 3.05) is 26.7 Å². The number of carbonyl (C=O) groups is 1. The number of aliphatic imine (C=N–C) groups is 1. The van der Waals surface area contributed by atoms with Crippen LogP contribution in [0.5, 0.6) is 0 Å². The first-order valence-corrected chi connectivity index (χ1v) is 9.58. The largest absolute Gasteiger partial charge is 0.357 e. The summed E-state index contributed by atoms with van der Waals surface area (Å²) in [4.78, 5) is 20.7. The number of benzene rings is 1. The Balaban J connectivity index is 1.93. The van der Waals surface area contributed by atoms with E-state index < -0.39 is 0 Å². The van der Waals surface area contributed by atoms with E-state index in [1.54, 1.807) is 12.1 Å². The van der Waals surface area contributed by atoms with E-state index in [-0.39, 0.29) is 17.8 Å². The lowest BCUT2D eigenvalue weighted by Crippen LogP contribution is -2.39. The number of likely N-dealkylation sites (tertiary alicyclic amines) is 1. The molecule has 6 heteroatoms. The summed E-state index contributed by atoms with van der Waals surface area (Å²) in [6.45, 7) is 7.18. The van der Waals surface area contributed by atoms with E-state index in [1.165, 1.54) is 12.1 Å². The first kappa shape index (κ1) is 20.2. The number of nitrogens with zero attached hydrogens (tertiary/aromatic N) is 3. The highest BCUT2D eigenvalue weighted by Crippen LogP contribution is 2.18. The maximum atomic E-state index is 13.1. The molecule has 1 aromatic carbocycles. The van der Waals surface area contributed by atoms with Gasteiger partial charge in [0.1, 0.15) is 5.82 Å². The molecular formula is C20H31FN4O. The minimum Gasteiger partial charge on any atom is -0.357 e. The Morgan fingerprint density at radius 1 is 1.35 bits per heavy atom. The van der Waals surface area contributed by atoms with Crippen molar-refractivity contribution in [2.24, 2.45) is 4.99 Å². The highest BCUT2D eigenvalue weighted by molar-refractivity contribution is 5.80. The van der Waals surface area contributed by atoms with Gasteiger partial charge in [-0.05, 0) is 43.9 Å². The molecule has 5 nitrogen and oxygen atoms in total. The van der Waals surface area contributed by atoms with Crippen LogP contribution in [-0.2, 0) is 11.3 Å². The van der Waals surface area contributed by atoms with Gasteiger partial charge in [0.2, 0.25) is 5.91 Å². The lowest BCUT2D eigenvalue weighted by atomic mass is 10.1. The zero-order valence-electron chi connectivity index (χ0n) is 16.2. The van der Waals surface area contributed by atoms with Crippen LogP contribution in [0.25, 0.3) is 0 Å². The molecular weight excluding hydrogens is 331 g/mol. The standard InChI is InChI=1S/C20H31FN4O/c1-4-18(25-14-6-7-19(25)26)12-13-23-20(22-5-2)24(3)15-16-8-10-17(21)11-9-16/h8-11,18H,4-7,12-15H2,1-3H3,(H,22,23). The van der Waals surface area contributed by atoms with Gasteiger partial charge in [0.25, 0.3) is 0 Å². The van der Waals surface area contributed by atoms with Gasteiger partial charge in [0.15, 0.2) is 5.96 Å². The molecule has 26 heavy (non-hydrogen) atoms. The van der Waals surface area contributed by atoms with Crippen LogP contribution in [0.2, 0.25) is 0 Å². The van der Waals surface area contributed by atoms with E-state index in [9.17, 15) is 9.18 Å². The topological polar surface area (TPSA) is 47.9 Å². The molecule has 1 unspecified atom stereocenters. The number of hydrogen-bond acceptors (Lipinski definition) is 2. The number of halogens is 1. The summed E-state index contributed by atoms with van der Waals surface area (Å²) in [5.41, 5.74) is 1.04. The van der Waals surface area contributed by atoms with Gasteiger partial charge in [-0.1, -0.05) is 19.1 Å². The van der Waals surface area contributed by atoms with Crippen molar-refractivity contribution in [3.63, 3.8) is 0 Å². The fourth-order valence-corrected chi connectivity index (χ4v) is 3.36. The molecule has 0 radical (unpaired) electrons. The maximum Gasteiger partial charge on any atom is 0.222 e. The van der Waals surface area contributed by atoms with Crippen LogP contribution < -0.4 is 5.32 Å². The van der Waals surface area contributed by atoms with Gasteiger partial charge in [-0.25, -0.2) is 4.39 Å². The monoisotopic (exact) mass is 362 g/mol. The average molecular weight is 362 g/mol. The molecule has 1 atom stereocenters. The van der Waals surface area contributed by atoms with Crippen molar-refractivity contribution < 1.29 is 9.18 Å². The number of amides is 1. The Morgan fingerprint density at radius 3 is 2.65 bits per heavy atom. The Labute approximate surface area is 156 Å². The van der Waals surface area contributed by atoms with Gasteiger partial charge in [-0.15, -0.1) is 0 Å². The Bertz CT molecular complexity index is 602. The number of carbonyl (C=O) groups excluding carboxylic acids is 1. The molecule has 1 N–H and O–H groups in total. The quantitative estimate of drug-likeness (QED) is 0.571. The van der Waals surface area contributed by atoms with E-state index in [0.717, 1.165) is 43.9 Å². The normalized spacial score (nSPS) is 16.1. The van der Waals surface area contributed by atoms with Gasteiger partial charge >= 0.3 is 0 Å². The van der Waals surface area contributed by atoms with Gasteiger partial charge in [-0.3, -0.25) is 9.79 Å². The predicted molar refractivity (Wildman–Crippen MR) is 103 cm³/mol. The van der Waals surface area contributed by atoms with Crippen molar-refractivity contribution in [1.29, 1.82) is 0 Å². The van der Waals surface area contributed by atoms with Crippen molar-refractivity contribution >= 4 is 11.9 Å². The fourth-order valence-electron chi connectivity index (χ4n) is 3.36.